The maximum absolute atomic E-state index is 13.1. The monoisotopic (exact) mass is 454 g/mol. The first-order valence-electron chi connectivity index (χ1n) is 11.4. The maximum Gasteiger partial charge on any atom is 0.363 e. The van der Waals surface area contributed by atoms with Crippen molar-refractivity contribution in [3.63, 3.8) is 0 Å². The summed E-state index contributed by atoms with van der Waals surface area (Å²) in [5.41, 5.74) is 1.20. The zero-order chi connectivity index (χ0) is 22.6. The van der Waals surface area contributed by atoms with Gasteiger partial charge in [-0.3, -0.25) is 4.72 Å². The molecule has 0 amide bonds. The van der Waals surface area contributed by atoms with Crippen LogP contribution in [0.2, 0.25) is 0 Å². The lowest BCUT2D eigenvalue weighted by Crippen LogP contribution is -2.23. The molecule has 0 radical (unpaired) electrons. The van der Waals surface area contributed by atoms with E-state index >= 15 is 0 Å². The van der Waals surface area contributed by atoms with Crippen LogP contribution in [0.1, 0.15) is 51.0 Å². The zero-order valence-corrected chi connectivity index (χ0v) is 19.2. The van der Waals surface area contributed by atoms with Crippen LogP contribution >= 0.6 is 0 Å². The minimum atomic E-state index is -3.95. The lowest BCUT2D eigenvalue weighted by Gasteiger charge is -2.23. The third-order valence-corrected chi connectivity index (χ3v) is 7.48. The summed E-state index contributed by atoms with van der Waals surface area (Å²) in [5, 5.41) is 4.06. The number of fused-ring (bicyclic) bond motifs is 1. The number of nitrogens with one attached hydrogen (secondary N) is 2. The third-order valence-electron chi connectivity index (χ3n) is 6.11. The third kappa shape index (κ3) is 4.99. The fourth-order valence-corrected chi connectivity index (χ4v) is 5.45. The van der Waals surface area contributed by atoms with E-state index in [9.17, 15) is 13.2 Å². The second-order valence-electron chi connectivity index (χ2n) is 8.52. The molecular weight excluding hydrogens is 424 g/mol. The van der Waals surface area contributed by atoms with Crippen LogP contribution in [0.15, 0.2) is 62.6 Å². The number of hydrogen-bond donors (Lipinski definition) is 2. The molecule has 170 valence electrons. The molecule has 1 saturated carbocycles. The highest BCUT2D eigenvalue weighted by atomic mass is 32.2. The van der Waals surface area contributed by atoms with Gasteiger partial charge >= 0.3 is 5.63 Å². The number of benzene rings is 2. The maximum atomic E-state index is 13.1. The smallest absolute Gasteiger partial charge is 0.363 e. The summed E-state index contributed by atoms with van der Waals surface area (Å²) in [4.78, 5) is 12.9. The highest BCUT2D eigenvalue weighted by molar-refractivity contribution is 7.92. The van der Waals surface area contributed by atoms with E-state index in [0.717, 1.165) is 31.2 Å². The Bertz CT molecular complexity index is 1230. The molecule has 3 aromatic rings. The van der Waals surface area contributed by atoms with Gasteiger partial charge in [0.25, 0.3) is 10.0 Å². The molecule has 1 heterocycles. The van der Waals surface area contributed by atoms with Gasteiger partial charge in [0, 0.05) is 11.9 Å². The predicted octanol–water partition coefficient (Wildman–Crippen LogP) is 5.54. The van der Waals surface area contributed by atoms with Crippen molar-refractivity contribution < 1.29 is 12.8 Å². The summed E-state index contributed by atoms with van der Waals surface area (Å²) in [6, 6.07) is 13.9. The molecule has 2 aromatic carbocycles. The average molecular weight is 455 g/mol. The minimum Gasteiger partial charge on any atom is -0.421 e. The molecule has 0 bridgehead atoms. The Labute approximate surface area is 189 Å². The van der Waals surface area contributed by atoms with Crippen LogP contribution in [-0.4, -0.2) is 15.0 Å². The summed E-state index contributed by atoms with van der Waals surface area (Å²) >= 11 is 0. The van der Waals surface area contributed by atoms with Crippen molar-refractivity contribution in [3.05, 3.63) is 64.5 Å². The number of aryl methyl sites for hydroxylation is 1. The molecule has 6 nitrogen and oxygen atoms in total. The predicted molar refractivity (Wildman–Crippen MR) is 129 cm³/mol. The van der Waals surface area contributed by atoms with Gasteiger partial charge in [-0.2, -0.15) is 0 Å². The second-order valence-corrected chi connectivity index (χ2v) is 10.2. The van der Waals surface area contributed by atoms with Crippen molar-refractivity contribution in [2.75, 3.05) is 16.6 Å². The normalized spacial score (nSPS) is 15.0. The second kappa shape index (κ2) is 9.77. The van der Waals surface area contributed by atoms with Gasteiger partial charge in [-0.25, -0.2) is 13.2 Å². The fourth-order valence-electron chi connectivity index (χ4n) is 4.38. The molecule has 0 unspecified atom stereocenters. The van der Waals surface area contributed by atoms with Crippen LogP contribution < -0.4 is 15.7 Å². The van der Waals surface area contributed by atoms with Crippen molar-refractivity contribution in [3.8, 4) is 0 Å². The van der Waals surface area contributed by atoms with Crippen LogP contribution in [0.5, 0.6) is 0 Å². The number of sulfonamides is 1. The van der Waals surface area contributed by atoms with Gasteiger partial charge in [0.05, 0.1) is 10.6 Å². The van der Waals surface area contributed by atoms with E-state index in [2.05, 4.69) is 17.0 Å². The zero-order valence-electron chi connectivity index (χ0n) is 18.4. The van der Waals surface area contributed by atoms with Gasteiger partial charge in [-0.1, -0.05) is 56.9 Å². The molecular formula is C25H30N2O4S. The number of rotatable bonds is 8. The van der Waals surface area contributed by atoms with Gasteiger partial charge in [0.1, 0.15) is 5.58 Å². The largest absolute Gasteiger partial charge is 0.421 e. The Morgan fingerprint density at radius 1 is 0.969 bits per heavy atom. The first-order valence-corrected chi connectivity index (χ1v) is 12.9. The van der Waals surface area contributed by atoms with Gasteiger partial charge in [-0.05, 0) is 55.0 Å². The fraction of sp³-hybridized carbons (Fsp3) is 0.400. The van der Waals surface area contributed by atoms with Crippen molar-refractivity contribution in [2.24, 2.45) is 5.92 Å². The molecule has 2 N–H and O–H groups in total. The molecule has 0 saturated heterocycles. The SMILES string of the molecule is CCCc1ccc(S(=O)(=O)Nc2c(NCC3CCCCC3)c3ccccc3oc2=O)cc1. The van der Waals surface area contributed by atoms with Gasteiger partial charge in [0.2, 0.25) is 0 Å². The van der Waals surface area contributed by atoms with Crippen LogP contribution in [0.4, 0.5) is 11.4 Å². The topological polar surface area (TPSA) is 88.4 Å². The van der Waals surface area contributed by atoms with E-state index < -0.39 is 15.6 Å². The first-order chi connectivity index (χ1) is 15.5. The van der Waals surface area contributed by atoms with E-state index in [4.69, 9.17) is 4.42 Å². The van der Waals surface area contributed by atoms with Gasteiger partial charge in [-0.15, -0.1) is 0 Å². The van der Waals surface area contributed by atoms with Crippen molar-refractivity contribution >= 4 is 32.4 Å². The molecule has 0 spiro atoms. The summed E-state index contributed by atoms with van der Waals surface area (Å²) in [6.07, 6.45) is 7.82. The Morgan fingerprint density at radius 3 is 2.41 bits per heavy atom. The van der Waals surface area contributed by atoms with Crippen LogP contribution in [-0.2, 0) is 16.4 Å². The highest BCUT2D eigenvalue weighted by Crippen LogP contribution is 2.32. The van der Waals surface area contributed by atoms with Gasteiger partial charge in [0.15, 0.2) is 5.69 Å². The highest BCUT2D eigenvalue weighted by Gasteiger charge is 2.23. The summed E-state index contributed by atoms with van der Waals surface area (Å²) < 4.78 is 34.1. The Balaban J connectivity index is 1.68. The van der Waals surface area contributed by atoms with Crippen molar-refractivity contribution in [1.82, 2.24) is 0 Å². The van der Waals surface area contributed by atoms with Crippen LogP contribution in [0.3, 0.4) is 0 Å². The molecule has 0 atom stereocenters. The molecule has 1 aliphatic carbocycles. The molecule has 32 heavy (non-hydrogen) atoms. The Morgan fingerprint density at radius 2 is 1.69 bits per heavy atom. The van der Waals surface area contributed by atoms with E-state index in [1.54, 1.807) is 24.3 Å². The summed E-state index contributed by atoms with van der Waals surface area (Å²) in [5.74, 6) is 0.505. The van der Waals surface area contributed by atoms with Crippen molar-refractivity contribution in [1.29, 1.82) is 0 Å². The molecule has 7 heteroatoms. The van der Waals surface area contributed by atoms with Gasteiger partial charge < -0.3 is 9.73 Å². The minimum absolute atomic E-state index is 0.0721. The average Bonchev–Trinajstić information content (AvgIpc) is 2.80. The lowest BCUT2D eigenvalue weighted by molar-refractivity contribution is 0.373. The quantitative estimate of drug-likeness (QED) is 0.436. The molecule has 1 aromatic heterocycles. The lowest BCUT2D eigenvalue weighted by atomic mass is 9.89. The first kappa shape index (κ1) is 22.4. The van der Waals surface area contributed by atoms with E-state index in [-0.39, 0.29) is 10.6 Å². The number of anilines is 2. The van der Waals surface area contributed by atoms with Crippen LogP contribution in [0, 0.1) is 5.92 Å². The standard InChI is InChI=1S/C25H30N2O4S/c1-2-8-18-13-15-20(16-14-18)32(29,30)27-24-23(26-17-19-9-4-3-5-10-19)21-11-6-7-12-22(21)31-25(24)28/h6-7,11-16,19,26-27H,2-5,8-10,17H2,1H3. The van der Waals surface area contributed by atoms with E-state index in [0.29, 0.717) is 29.1 Å². The molecule has 4 rings (SSSR count). The Kier molecular flexibility index (Phi) is 6.84. The molecule has 0 aliphatic heterocycles. The molecule has 1 fully saturated rings. The number of para-hydroxylation sites is 1. The van der Waals surface area contributed by atoms with Crippen molar-refractivity contribution in [2.45, 2.75) is 56.8 Å². The summed E-state index contributed by atoms with van der Waals surface area (Å²) in [7, 11) is -3.95. The number of hydrogen-bond acceptors (Lipinski definition) is 5. The van der Waals surface area contributed by atoms with E-state index in [1.165, 1.54) is 19.3 Å². The Hall–Kier alpha value is -2.80. The van der Waals surface area contributed by atoms with E-state index in [1.807, 2.05) is 24.3 Å². The summed E-state index contributed by atoms with van der Waals surface area (Å²) in [6.45, 7) is 2.76. The van der Waals surface area contributed by atoms with Crippen LogP contribution in [0.25, 0.3) is 11.0 Å². The molecule has 1 aliphatic rings.